The normalized spacial score (nSPS) is 27.1. The first-order chi connectivity index (χ1) is 6.67. The third kappa shape index (κ3) is 1.42. The molecule has 0 aliphatic carbocycles. The summed E-state index contributed by atoms with van der Waals surface area (Å²) < 4.78 is 7.40. The van der Waals surface area contributed by atoms with Gasteiger partial charge in [0.15, 0.2) is 0 Å². The van der Waals surface area contributed by atoms with E-state index in [0.29, 0.717) is 11.9 Å². The quantitative estimate of drug-likeness (QED) is 0.753. The fraction of sp³-hybridized carbons (Fsp3) is 0.778. The van der Waals surface area contributed by atoms with Crippen molar-refractivity contribution in [3.8, 4) is 0 Å². The van der Waals surface area contributed by atoms with E-state index in [1.165, 1.54) is 0 Å². The summed E-state index contributed by atoms with van der Waals surface area (Å²) in [7, 11) is 0. The highest BCUT2D eigenvalue weighted by molar-refractivity contribution is 6.28. The maximum Gasteiger partial charge on any atom is 0.225 e. The zero-order valence-electron chi connectivity index (χ0n) is 8.46. The van der Waals surface area contributed by atoms with Crippen molar-refractivity contribution in [1.29, 1.82) is 0 Å². The maximum atomic E-state index is 6.03. The zero-order valence-corrected chi connectivity index (χ0v) is 9.21. The van der Waals surface area contributed by atoms with Gasteiger partial charge in [-0.3, -0.25) is 4.57 Å². The molecule has 0 aromatic carbocycles. The van der Waals surface area contributed by atoms with E-state index in [2.05, 4.69) is 24.0 Å². The van der Waals surface area contributed by atoms with Crippen molar-refractivity contribution in [3.63, 3.8) is 0 Å². The lowest BCUT2D eigenvalue weighted by molar-refractivity contribution is 0.160. The third-order valence-corrected chi connectivity index (χ3v) is 2.99. The van der Waals surface area contributed by atoms with Crippen LogP contribution in [-0.2, 0) is 16.7 Å². The molecule has 1 fully saturated rings. The lowest BCUT2D eigenvalue weighted by Crippen LogP contribution is -2.32. The molecule has 1 aromatic heterocycles. The summed E-state index contributed by atoms with van der Waals surface area (Å²) in [6.07, 6.45) is 1.81. The van der Waals surface area contributed by atoms with E-state index in [4.69, 9.17) is 16.3 Å². The van der Waals surface area contributed by atoms with E-state index in [-0.39, 0.29) is 5.54 Å². The fourth-order valence-electron chi connectivity index (χ4n) is 1.89. The number of halogens is 1. The van der Waals surface area contributed by atoms with Crippen LogP contribution >= 0.6 is 11.6 Å². The molecule has 2 heterocycles. The Hall–Kier alpha value is -0.610. The predicted octanol–water partition coefficient (Wildman–Crippen LogP) is 1.63. The molecular weight excluding hydrogens is 202 g/mol. The average Bonchev–Trinajstić information content (AvgIpc) is 2.73. The SMILES string of the molecule is CCc1nnc(Cl)n1C1(C)CCOC1. The highest BCUT2D eigenvalue weighted by Crippen LogP contribution is 2.30. The van der Waals surface area contributed by atoms with Gasteiger partial charge >= 0.3 is 0 Å². The molecule has 4 nitrogen and oxygen atoms in total. The molecule has 0 spiro atoms. The summed E-state index contributed by atoms with van der Waals surface area (Å²) in [6, 6.07) is 0. The minimum absolute atomic E-state index is 0.0636. The molecular formula is C9H14ClN3O. The first-order valence-electron chi connectivity index (χ1n) is 4.85. The molecule has 1 aliphatic heterocycles. The van der Waals surface area contributed by atoms with Crippen molar-refractivity contribution in [1.82, 2.24) is 14.8 Å². The highest BCUT2D eigenvalue weighted by Gasteiger charge is 2.35. The van der Waals surface area contributed by atoms with Crippen LogP contribution in [0.1, 0.15) is 26.1 Å². The molecule has 1 aliphatic rings. The average molecular weight is 216 g/mol. The van der Waals surface area contributed by atoms with Gasteiger partial charge in [0.1, 0.15) is 5.82 Å². The Bertz CT molecular complexity index is 331. The molecule has 2 rings (SSSR count). The van der Waals surface area contributed by atoms with Crippen molar-refractivity contribution >= 4 is 11.6 Å². The Balaban J connectivity index is 2.42. The first kappa shape index (κ1) is 9.93. The standard InChI is InChI=1S/C9H14ClN3O/c1-3-7-11-12-8(10)13(7)9(2)4-5-14-6-9/h3-6H2,1-2H3. The molecule has 78 valence electrons. The summed E-state index contributed by atoms with van der Waals surface area (Å²) in [6.45, 7) is 5.66. The van der Waals surface area contributed by atoms with Crippen LogP contribution in [0.5, 0.6) is 0 Å². The fourth-order valence-corrected chi connectivity index (χ4v) is 2.23. The van der Waals surface area contributed by atoms with Gasteiger partial charge in [0.2, 0.25) is 5.28 Å². The minimum atomic E-state index is -0.0636. The number of nitrogens with zero attached hydrogens (tertiary/aromatic N) is 3. The minimum Gasteiger partial charge on any atom is -0.379 e. The Morgan fingerprint density at radius 2 is 2.36 bits per heavy atom. The van der Waals surface area contributed by atoms with Gasteiger partial charge < -0.3 is 4.74 Å². The van der Waals surface area contributed by atoms with Crippen molar-refractivity contribution in [2.24, 2.45) is 0 Å². The number of hydrogen-bond donors (Lipinski definition) is 0. The molecule has 14 heavy (non-hydrogen) atoms. The predicted molar refractivity (Wildman–Crippen MR) is 53.5 cm³/mol. The Kier molecular flexibility index (Phi) is 2.49. The van der Waals surface area contributed by atoms with E-state index in [1.54, 1.807) is 0 Å². The summed E-state index contributed by atoms with van der Waals surface area (Å²) in [5.74, 6) is 0.933. The molecule has 0 radical (unpaired) electrons. The second-order valence-corrected chi connectivity index (χ2v) is 4.21. The van der Waals surface area contributed by atoms with Crippen molar-refractivity contribution in [2.75, 3.05) is 13.2 Å². The molecule has 1 aromatic rings. The Morgan fingerprint density at radius 1 is 1.57 bits per heavy atom. The van der Waals surface area contributed by atoms with Crippen LogP contribution in [-0.4, -0.2) is 28.0 Å². The molecule has 1 unspecified atom stereocenters. The molecule has 5 heteroatoms. The van der Waals surface area contributed by atoms with Crippen LogP contribution in [0.15, 0.2) is 0 Å². The van der Waals surface area contributed by atoms with Crippen LogP contribution in [0.3, 0.4) is 0 Å². The second kappa shape index (κ2) is 3.51. The van der Waals surface area contributed by atoms with Crippen molar-refractivity contribution in [3.05, 3.63) is 11.1 Å². The van der Waals surface area contributed by atoms with Gasteiger partial charge in [0.25, 0.3) is 0 Å². The highest BCUT2D eigenvalue weighted by atomic mass is 35.5. The smallest absolute Gasteiger partial charge is 0.225 e. The van der Waals surface area contributed by atoms with Crippen molar-refractivity contribution < 1.29 is 4.74 Å². The van der Waals surface area contributed by atoms with E-state index in [0.717, 1.165) is 25.3 Å². The van der Waals surface area contributed by atoms with Gasteiger partial charge in [-0.1, -0.05) is 6.92 Å². The van der Waals surface area contributed by atoms with Gasteiger partial charge in [-0.05, 0) is 24.9 Å². The number of aromatic nitrogens is 3. The van der Waals surface area contributed by atoms with Crippen LogP contribution in [0, 0.1) is 0 Å². The largest absolute Gasteiger partial charge is 0.379 e. The van der Waals surface area contributed by atoms with Crippen LogP contribution in [0.2, 0.25) is 5.28 Å². The summed E-state index contributed by atoms with van der Waals surface area (Å²) in [5.41, 5.74) is -0.0636. The topological polar surface area (TPSA) is 39.9 Å². The maximum absolute atomic E-state index is 6.03. The zero-order chi connectivity index (χ0) is 10.2. The van der Waals surface area contributed by atoms with Gasteiger partial charge in [0.05, 0.1) is 12.1 Å². The third-order valence-electron chi connectivity index (χ3n) is 2.74. The molecule has 1 atom stereocenters. The monoisotopic (exact) mass is 215 g/mol. The van der Waals surface area contributed by atoms with Crippen molar-refractivity contribution in [2.45, 2.75) is 32.2 Å². The molecule has 0 bridgehead atoms. The molecule has 0 amide bonds. The van der Waals surface area contributed by atoms with E-state index in [1.807, 2.05) is 4.57 Å². The van der Waals surface area contributed by atoms with Gasteiger partial charge in [-0.2, -0.15) is 0 Å². The van der Waals surface area contributed by atoms with Crippen LogP contribution in [0.25, 0.3) is 0 Å². The van der Waals surface area contributed by atoms with Crippen LogP contribution in [0.4, 0.5) is 0 Å². The number of rotatable bonds is 2. The van der Waals surface area contributed by atoms with Crippen LogP contribution < -0.4 is 0 Å². The lowest BCUT2D eigenvalue weighted by atomic mass is 10.0. The summed E-state index contributed by atoms with van der Waals surface area (Å²) in [4.78, 5) is 0. The number of ether oxygens (including phenoxy) is 1. The van der Waals surface area contributed by atoms with Gasteiger partial charge in [-0.15, -0.1) is 10.2 Å². The second-order valence-electron chi connectivity index (χ2n) is 3.87. The number of aryl methyl sites for hydroxylation is 1. The van der Waals surface area contributed by atoms with E-state index in [9.17, 15) is 0 Å². The van der Waals surface area contributed by atoms with E-state index >= 15 is 0 Å². The number of hydrogen-bond acceptors (Lipinski definition) is 3. The molecule has 0 saturated carbocycles. The van der Waals surface area contributed by atoms with Gasteiger partial charge in [-0.25, -0.2) is 0 Å². The summed E-state index contributed by atoms with van der Waals surface area (Å²) in [5, 5.41) is 8.42. The molecule has 0 N–H and O–H groups in total. The lowest BCUT2D eigenvalue weighted by Gasteiger charge is -2.25. The van der Waals surface area contributed by atoms with Gasteiger partial charge in [0, 0.05) is 13.0 Å². The molecule has 1 saturated heterocycles. The Morgan fingerprint density at radius 3 is 2.93 bits per heavy atom. The Labute approximate surface area is 88.2 Å². The summed E-state index contributed by atoms with van der Waals surface area (Å²) >= 11 is 6.03. The first-order valence-corrected chi connectivity index (χ1v) is 5.23. The van der Waals surface area contributed by atoms with E-state index < -0.39 is 0 Å².